The topological polar surface area (TPSA) is 69.6 Å². The fourth-order valence-electron chi connectivity index (χ4n) is 2.42. The van der Waals surface area contributed by atoms with E-state index in [2.05, 4.69) is 12.2 Å². The predicted octanol–water partition coefficient (Wildman–Crippen LogP) is 2.07. The summed E-state index contributed by atoms with van der Waals surface area (Å²) >= 11 is 0. The Morgan fingerprint density at radius 3 is 2.67 bits per heavy atom. The van der Waals surface area contributed by atoms with Gasteiger partial charge in [0.1, 0.15) is 0 Å². The largest absolute Gasteiger partial charge is 0.481 e. The van der Waals surface area contributed by atoms with Crippen LogP contribution in [0.2, 0.25) is 0 Å². The highest BCUT2D eigenvalue weighted by Crippen LogP contribution is 2.18. The average molecular weight is 256 g/mol. The molecule has 1 aliphatic heterocycles. The molecule has 0 aromatic rings. The summed E-state index contributed by atoms with van der Waals surface area (Å²) in [6.45, 7) is 7.04. The van der Waals surface area contributed by atoms with Crippen molar-refractivity contribution in [3.63, 3.8) is 0 Å². The van der Waals surface area contributed by atoms with Crippen LogP contribution in [0.4, 0.5) is 4.79 Å². The van der Waals surface area contributed by atoms with Gasteiger partial charge in [-0.1, -0.05) is 13.3 Å². The molecule has 1 rings (SSSR count). The quantitative estimate of drug-likeness (QED) is 0.809. The van der Waals surface area contributed by atoms with Gasteiger partial charge in [0.25, 0.3) is 0 Å². The molecule has 0 aliphatic carbocycles. The van der Waals surface area contributed by atoms with Gasteiger partial charge in [-0.25, -0.2) is 4.79 Å². The van der Waals surface area contributed by atoms with Gasteiger partial charge in [-0.3, -0.25) is 4.79 Å². The second-order valence-corrected chi connectivity index (χ2v) is 5.69. The van der Waals surface area contributed by atoms with Crippen molar-refractivity contribution < 1.29 is 14.7 Å². The third kappa shape index (κ3) is 4.20. The van der Waals surface area contributed by atoms with Crippen LogP contribution in [-0.2, 0) is 4.79 Å². The van der Waals surface area contributed by atoms with Crippen LogP contribution in [0.1, 0.15) is 46.5 Å². The van der Waals surface area contributed by atoms with Crippen molar-refractivity contribution in [2.24, 2.45) is 5.92 Å². The number of aliphatic carboxylic acids is 1. The number of carbonyl (C=O) groups excluding carboxylic acids is 1. The monoisotopic (exact) mass is 256 g/mol. The Morgan fingerprint density at radius 1 is 1.44 bits per heavy atom. The summed E-state index contributed by atoms with van der Waals surface area (Å²) in [4.78, 5) is 24.7. The van der Waals surface area contributed by atoms with Gasteiger partial charge in [0, 0.05) is 18.6 Å². The molecule has 0 saturated carbocycles. The first-order chi connectivity index (χ1) is 8.35. The van der Waals surface area contributed by atoms with Crippen molar-refractivity contribution in [1.29, 1.82) is 0 Å². The van der Waals surface area contributed by atoms with Gasteiger partial charge in [0.2, 0.25) is 0 Å². The van der Waals surface area contributed by atoms with Crippen molar-refractivity contribution in [1.82, 2.24) is 10.2 Å². The summed E-state index contributed by atoms with van der Waals surface area (Å²) in [5.74, 6) is -1.22. The van der Waals surface area contributed by atoms with Gasteiger partial charge in [0.15, 0.2) is 0 Å². The Hall–Kier alpha value is -1.26. The Labute approximate surface area is 109 Å². The Morgan fingerprint density at radius 2 is 2.11 bits per heavy atom. The van der Waals surface area contributed by atoms with Crippen molar-refractivity contribution in [2.75, 3.05) is 13.1 Å². The Kier molecular flexibility index (Phi) is 4.99. The normalized spacial score (nSPS) is 20.6. The summed E-state index contributed by atoms with van der Waals surface area (Å²) in [6.07, 6.45) is 3.34. The molecule has 18 heavy (non-hydrogen) atoms. The number of carboxylic acid groups (broad SMARTS) is 1. The van der Waals surface area contributed by atoms with Gasteiger partial charge in [-0.15, -0.1) is 0 Å². The zero-order valence-corrected chi connectivity index (χ0v) is 11.5. The molecule has 2 amide bonds. The molecule has 0 unspecified atom stereocenters. The average Bonchev–Trinajstić information content (AvgIpc) is 2.28. The summed E-state index contributed by atoms with van der Waals surface area (Å²) in [5.41, 5.74) is -0.234. The lowest BCUT2D eigenvalue weighted by molar-refractivity contribution is -0.143. The van der Waals surface area contributed by atoms with E-state index >= 15 is 0 Å². The maximum Gasteiger partial charge on any atom is 0.317 e. The van der Waals surface area contributed by atoms with Gasteiger partial charge >= 0.3 is 12.0 Å². The zero-order valence-electron chi connectivity index (χ0n) is 11.5. The second-order valence-electron chi connectivity index (χ2n) is 5.69. The summed E-state index contributed by atoms with van der Waals surface area (Å²) < 4.78 is 0. The second kappa shape index (κ2) is 6.07. The fraction of sp³-hybridized carbons (Fsp3) is 0.846. The number of piperidine rings is 1. The van der Waals surface area contributed by atoms with Gasteiger partial charge in [-0.05, 0) is 33.1 Å². The molecule has 0 radical (unpaired) electrons. The molecule has 1 fully saturated rings. The number of likely N-dealkylation sites (tertiary alicyclic amines) is 1. The van der Waals surface area contributed by atoms with Crippen molar-refractivity contribution in [2.45, 2.75) is 52.0 Å². The zero-order chi connectivity index (χ0) is 13.8. The molecule has 5 heteroatoms. The minimum absolute atomic E-state index is 0.139. The molecule has 5 nitrogen and oxygen atoms in total. The number of urea groups is 1. The Balaban J connectivity index is 2.53. The molecule has 0 aromatic carbocycles. The minimum Gasteiger partial charge on any atom is -0.481 e. The molecule has 1 atom stereocenters. The molecule has 0 spiro atoms. The van der Waals surface area contributed by atoms with Crippen LogP contribution >= 0.6 is 0 Å². The molecular formula is C13H24N2O3. The Bertz CT molecular complexity index is 315. The van der Waals surface area contributed by atoms with Crippen LogP contribution in [0.25, 0.3) is 0 Å². The van der Waals surface area contributed by atoms with Gasteiger partial charge in [-0.2, -0.15) is 0 Å². The molecule has 1 aliphatic rings. The third-order valence-corrected chi connectivity index (χ3v) is 3.38. The lowest BCUT2D eigenvalue weighted by Crippen LogP contribution is -2.53. The number of nitrogens with one attached hydrogen (secondary N) is 1. The molecule has 1 saturated heterocycles. The van der Waals surface area contributed by atoms with Crippen molar-refractivity contribution >= 4 is 12.0 Å². The van der Waals surface area contributed by atoms with Crippen LogP contribution in [0.3, 0.4) is 0 Å². The first kappa shape index (κ1) is 14.8. The standard InChI is InChI=1S/C13H24N2O3/c1-4-7-13(2,3)14-12(18)15-8-5-6-10(9-15)11(16)17/h10H,4-9H2,1-3H3,(H,14,18)(H,16,17)/t10-/m1/s1. The fourth-order valence-corrected chi connectivity index (χ4v) is 2.42. The van der Waals surface area contributed by atoms with E-state index in [0.717, 1.165) is 19.3 Å². The van der Waals surface area contributed by atoms with Gasteiger partial charge in [0.05, 0.1) is 5.92 Å². The highest BCUT2D eigenvalue weighted by molar-refractivity contribution is 5.77. The molecule has 104 valence electrons. The van der Waals surface area contributed by atoms with E-state index in [1.165, 1.54) is 0 Å². The maximum absolute atomic E-state index is 12.1. The molecular weight excluding hydrogens is 232 g/mol. The molecule has 1 heterocycles. The van der Waals surface area contributed by atoms with E-state index < -0.39 is 11.9 Å². The van der Waals surface area contributed by atoms with Crippen molar-refractivity contribution in [3.8, 4) is 0 Å². The highest BCUT2D eigenvalue weighted by Gasteiger charge is 2.30. The van der Waals surface area contributed by atoms with E-state index in [1.54, 1.807) is 4.90 Å². The number of carbonyl (C=O) groups is 2. The number of hydrogen-bond acceptors (Lipinski definition) is 2. The smallest absolute Gasteiger partial charge is 0.317 e. The highest BCUT2D eigenvalue weighted by atomic mass is 16.4. The maximum atomic E-state index is 12.1. The first-order valence-electron chi connectivity index (χ1n) is 6.65. The van der Waals surface area contributed by atoms with Gasteiger partial charge < -0.3 is 15.3 Å². The van der Waals surface area contributed by atoms with E-state index in [-0.39, 0.29) is 11.6 Å². The third-order valence-electron chi connectivity index (χ3n) is 3.38. The van der Waals surface area contributed by atoms with Crippen LogP contribution in [0.15, 0.2) is 0 Å². The van der Waals surface area contributed by atoms with E-state index in [1.807, 2.05) is 13.8 Å². The van der Waals surface area contributed by atoms with E-state index in [0.29, 0.717) is 19.5 Å². The summed E-state index contributed by atoms with van der Waals surface area (Å²) in [5, 5.41) is 12.0. The lowest BCUT2D eigenvalue weighted by Gasteiger charge is -2.34. The van der Waals surface area contributed by atoms with Crippen LogP contribution in [-0.4, -0.2) is 40.6 Å². The molecule has 0 aromatic heterocycles. The first-order valence-corrected chi connectivity index (χ1v) is 6.65. The predicted molar refractivity (Wildman–Crippen MR) is 69.5 cm³/mol. The SMILES string of the molecule is CCCC(C)(C)NC(=O)N1CCC[C@@H](C(=O)O)C1. The van der Waals surface area contributed by atoms with E-state index in [4.69, 9.17) is 5.11 Å². The molecule has 0 bridgehead atoms. The number of carboxylic acids is 1. The number of amides is 2. The van der Waals surface area contributed by atoms with Crippen LogP contribution < -0.4 is 5.32 Å². The van der Waals surface area contributed by atoms with E-state index in [9.17, 15) is 9.59 Å². The molecule has 2 N–H and O–H groups in total. The van der Waals surface area contributed by atoms with Crippen LogP contribution in [0.5, 0.6) is 0 Å². The minimum atomic E-state index is -0.805. The summed E-state index contributed by atoms with van der Waals surface area (Å²) in [7, 11) is 0. The van der Waals surface area contributed by atoms with Crippen LogP contribution in [0, 0.1) is 5.92 Å². The van der Waals surface area contributed by atoms with Crippen molar-refractivity contribution in [3.05, 3.63) is 0 Å². The number of nitrogens with zero attached hydrogens (tertiary/aromatic N) is 1. The number of rotatable bonds is 4. The summed E-state index contributed by atoms with van der Waals surface area (Å²) in [6, 6.07) is -0.139. The lowest BCUT2D eigenvalue weighted by atomic mass is 9.97. The number of hydrogen-bond donors (Lipinski definition) is 2.